The normalized spacial score (nSPS) is 11.4. The summed E-state index contributed by atoms with van der Waals surface area (Å²) in [5.74, 6) is -2.17. The Bertz CT molecular complexity index is 729. The Morgan fingerprint density at radius 3 is 2.58 bits per heavy atom. The van der Waals surface area contributed by atoms with Crippen molar-refractivity contribution in [3.05, 3.63) is 65.0 Å². The molecule has 0 aliphatic heterocycles. The van der Waals surface area contributed by atoms with Crippen molar-refractivity contribution in [2.45, 2.75) is 19.7 Å². The first-order chi connectivity index (χ1) is 11.3. The van der Waals surface area contributed by atoms with Crippen molar-refractivity contribution in [2.24, 2.45) is 0 Å². The second-order valence-corrected chi connectivity index (χ2v) is 4.98. The number of alkyl halides is 3. The largest absolute Gasteiger partial charge is 0.419 e. The minimum Gasteiger partial charge on any atom is -0.377 e. The van der Waals surface area contributed by atoms with E-state index in [4.69, 9.17) is 4.74 Å². The number of ether oxygens (including phenoxy) is 1. The second-order valence-electron chi connectivity index (χ2n) is 4.98. The summed E-state index contributed by atoms with van der Waals surface area (Å²) >= 11 is 0. The van der Waals surface area contributed by atoms with Crippen LogP contribution >= 0.6 is 0 Å². The van der Waals surface area contributed by atoms with Gasteiger partial charge in [-0.3, -0.25) is 4.79 Å². The van der Waals surface area contributed by atoms with Crippen LogP contribution in [0.3, 0.4) is 0 Å². The van der Waals surface area contributed by atoms with Crippen molar-refractivity contribution in [2.75, 3.05) is 11.9 Å². The molecule has 0 saturated heterocycles. The third-order valence-corrected chi connectivity index (χ3v) is 3.19. The smallest absolute Gasteiger partial charge is 0.377 e. The minimum absolute atomic E-state index is 0.279. The first-order valence-electron chi connectivity index (χ1n) is 7.16. The lowest BCUT2D eigenvalue weighted by atomic mass is 10.1. The topological polar surface area (TPSA) is 38.3 Å². The van der Waals surface area contributed by atoms with Crippen molar-refractivity contribution < 1.29 is 27.1 Å². The predicted octanol–water partition coefficient (Wildman–Crippen LogP) is 4.63. The highest BCUT2D eigenvalue weighted by molar-refractivity contribution is 6.04. The van der Waals surface area contributed by atoms with E-state index in [1.807, 2.05) is 6.92 Å². The molecule has 24 heavy (non-hydrogen) atoms. The van der Waals surface area contributed by atoms with Crippen molar-refractivity contribution in [1.82, 2.24) is 0 Å². The van der Waals surface area contributed by atoms with Crippen LogP contribution in [0.2, 0.25) is 0 Å². The van der Waals surface area contributed by atoms with E-state index in [2.05, 4.69) is 5.32 Å². The number of halogens is 4. The average molecular weight is 341 g/mol. The summed E-state index contributed by atoms with van der Waals surface area (Å²) in [7, 11) is 0. The Hall–Kier alpha value is -2.41. The van der Waals surface area contributed by atoms with Crippen molar-refractivity contribution >= 4 is 11.6 Å². The fourth-order valence-electron chi connectivity index (χ4n) is 2.05. The number of carbonyl (C=O) groups excluding carboxylic acids is 1. The van der Waals surface area contributed by atoms with E-state index < -0.39 is 23.5 Å². The number of nitrogens with one attached hydrogen (secondary N) is 1. The summed E-state index contributed by atoms with van der Waals surface area (Å²) < 4.78 is 56.6. The quantitative estimate of drug-likeness (QED) is 0.805. The zero-order chi connectivity index (χ0) is 17.7. The van der Waals surface area contributed by atoms with Gasteiger partial charge in [0.2, 0.25) is 0 Å². The molecule has 128 valence electrons. The second kappa shape index (κ2) is 7.44. The van der Waals surface area contributed by atoms with Crippen LogP contribution in [0.5, 0.6) is 0 Å². The molecule has 0 fully saturated rings. The minimum atomic E-state index is -4.86. The molecule has 0 heterocycles. The fourth-order valence-corrected chi connectivity index (χ4v) is 2.05. The van der Waals surface area contributed by atoms with Crippen LogP contribution in [0.15, 0.2) is 42.5 Å². The van der Waals surface area contributed by atoms with Crippen molar-refractivity contribution in [3.8, 4) is 0 Å². The van der Waals surface area contributed by atoms with Crippen LogP contribution in [0, 0.1) is 5.82 Å². The Balaban J connectivity index is 2.18. The first-order valence-corrected chi connectivity index (χ1v) is 7.16. The summed E-state index contributed by atoms with van der Waals surface area (Å²) in [5, 5.41) is 2.49. The lowest BCUT2D eigenvalue weighted by Gasteiger charge is -2.11. The SMILES string of the molecule is CCOCc1cccc(NC(=O)c2ccc(F)c(C(F)(F)F)c2)c1. The number of rotatable bonds is 5. The van der Waals surface area contributed by atoms with Gasteiger partial charge in [-0.15, -0.1) is 0 Å². The molecular weight excluding hydrogens is 326 g/mol. The number of hydrogen-bond donors (Lipinski definition) is 1. The molecular formula is C17H15F4NO2. The van der Waals surface area contributed by atoms with Gasteiger partial charge >= 0.3 is 6.18 Å². The molecule has 0 unspecified atom stereocenters. The molecule has 0 saturated carbocycles. The average Bonchev–Trinajstić information content (AvgIpc) is 2.52. The molecule has 0 spiro atoms. The maximum Gasteiger partial charge on any atom is 0.419 e. The number of hydrogen-bond acceptors (Lipinski definition) is 2. The van der Waals surface area contributed by atoms with Crippen LogP contribution in [0.25, 0.3) is 0 Å². The zero-order valence-electron chi connectivity index (χ0n) is 12.8. The van der Waals surface area contributed by atoms with Gasteiger partial charge in [0.05, 0.1) is 12.2 Å². The monoisotopic (exact) mass is 341 g/mol. The highest BCUT2D eigenvalue weighted by atomic mass is 19.4. The highest BCUT2D eigenvalue weighted by Gasteiger charge is 2.34. The van der Waals surface area contributed by atoms with Gasteiger partial charge in [0.25, 0.3) is 5.91 Å². The number of benzene rings is 2. The van der Waals surface area contributed by atoms with E-state index in [0.29, 0.717) is 31.0 Å². The molecule has 2 rings (SSSR count). The van der Waals surface area contributed by atoms with Crippen LogP contribution in [-0.2, 0) is 17.5 Å². The fraction of sp³-hybridized carbons (Fsp3) is 0.235. The molecule has 2 aromatic carbocycles. The molecule has 7 heteroatoms. The molecule has 1 amide bonds. The zero-order valence-corrected chi connectivity index (χ0v) is 12.8. The molecule has 0 radical (unpaired) electrons. The molecule has 0 atom stereocenters. The maximum absolute atomic E-state index is 13.3. The van der Waals surface area contributed by atoms with Gasteiger partial charge in [-0.05, 0) is 42.8 Å². The van der Waals surface area contributed by atoms with Gasteiger partial charge in [0, 0.05) is 17.9 Å². The van der Waals surface area contributed by atoms with E-state index in [-0.39, 0.29) is 5.56 Å². The van der Waals surface area contributed by atoms with Gasteiger partial charge in [0.15, 0.2) is 0 Å². The standard InChI is InChI=1S/C17H15F4NO2/c1-2-24-10-11-4-3-5-13(8-11)22-16(23)12-6-7-15(18)14(9-12)17(19,20)21/h3-9H,2,10H2,1H3,(H,22,23). The van der Waals surface area contributed by atoms with Gasteiger partial charge < -0.3 is 10.1 Å². The molecule has 0 aliphatic rings. The van der Waals surface area contributed by atoms with Gasteiger partial charge in [0.1, 0.15) is 5.82 Å². The third-order valence-electron chi connectivity index (χ3n) is 3.19. The molecule has 0 aliphatic carbocycles. The lowest BCUT2D eigenvalue weighted by molar-refractivity contribution is -0.140. The summed E-state index contributed by atoms with van der Waals surface area (Å²) in [6.45, 7) is 2.74. The van der Waals surface area contributed by atoms with Crippen LogP contribution in [-0.4, -0.2) is 12.5 Å². The van der Waals surface area contributed by atoms with E-state index in [1.165, 1.54) is 0 Å². The first kappa shape index (κ1) is 17.9. The number of carbonyl (C=O) groups is 1. The molecule has 2 aromatic rings. The van der Waals surface area contributed by atoms with Crippen LogP contribution < -0.4 is 5.32 Å². The van der Waals surface area contributed by atoms with Crippen molar-refractivity contribution in [1.29, 1.82) is 0 Å². The molecule has 3 nitrogen and oxygen atoms in total. The Labute approximate surface area is 136 Å². The number of amides is 1. The Morgan fingerprint density at radius 2 is 1.92 bits per heavy atom. The highest BCUT2D eigenvalue weighted by Crippen LogP contribution is 2.32. The summed E-state index contributed by atoms with van der Waals surface area (Å²) in [6, 6.07) is 8.87. The van der Waals surface area contributed by atoms with E-state index >= 15 is 0 Å². The third kappa shape index (κ3) is 4.55. The molecule has 0 aromatic heterocycles. The summed E-state index contributed by atoms with van der Waals surface area (Å²) in [6.07, 6.45) is -4.86. The number of anilines is 1. The molecule has 0 bridgehead atoms. The summed E-state index contributed by atoms with van der Waals surface area (Å²) in [4.78, 5) is 12.1. The van der Waals surface area contributed by atoms with E-state index in [1.54, 1.807) is 24.3 Å². The van der Waals surface area contributed by atoms with Gasteiger partial charge in [-0.2, -0.15) is 13.2 Å². The van der Waals surface area contributed by atoms with E-state index in [0.717, 1.165) is 11.6 Å². The Morgan fingerprint density at radius 1 is 1.17 bits per heavy atom. The lowest BCUT2D eigenvalue weighted by Crippen LogP contribution is -2.15. The van der Waals surface area contributed by atoms with Gasteiger partial charge in [-0.1, -0.05) is 12.1 Å². The predicted molar refractivity (Wildman–Crippen MR) is 81.1 cm³/mol. The van der Waals surface area contributed by atoms with Crippen LogP contribution in [0.4, 0.5) is 23.2 Å². The summed E-state index contributed by atoms with van der Waals surface area (Å²) in [5.41, 5.74) is -0.529. The Kier molecular flexibility index (Phi) is 5.56. The maximum atomic E-state index is 13.3. The van der Waals surface area contributed by atoms with Crippen LogP contribution in [0.1, 0.15) is 28.4 Å². The molecule has 1 N–H and O–H groups in total. The van der Waals surface area contributed by atoms with Gasteiger partial charge in [-0.25, -0.2) is 4.39 Å². The van der Waals surface area contributed by atoms with E-state index in [9.17, 15) is 22.4 Å². The van der Waals surface area contributed by atoms with Crippen molar-refractivity contribution in [3.63, 3.8) is 0 Å².